The number of benzene rings is 1. The standard InChI is InChI=1S/C13H15FN6O4S2/c14-8-2-1-7-5-10(9(7)6-8)17-12(18-21)11-13(20-24-19-11)25-4-3-16-26(15,22)23/h1-2,6,10,16,21H,3-5H2,(H,17,18)(H2,15,22,23)/t10-/m0/s1. The van der Waals surface area contributed by atoms with Crippen LogP contribution in [0.3, 0.4) is 0 Å². The fraction of sp³-hybridized carbons (Fsp3) is 0.308. The average molecular weight is 402 g/mol. The van der Waals surface area contributed by atoms with E-state index in [0.717, 1.165) is 22.9 Å². The number of hydrogen-bond donors (Lipinski definition) is 4. The van der Waals surface area contributed by atoms with Gasteiger partial charge in [-0.05, 0) is 40.0 Å². The molecule has 10 nitrogen and oxygen atoms in total. The highest BCUT2D eigenvalue weighted by Crippen LogP contribution is 2.34. The van der Waals surface area contributed by atoms with Crippen LogP contribution in [0.25, 0.3) is 0 Å². The first-order valence-electron chi connectivity index (χ1n) is 7.37. The number of nitrogens with one attached hydrogen (secondary N) is 2. The smallest absolute Gasteiger partial charge is 0.274 e. The third-order valence-electron chi connectivity index (χ3n) is 3.65. The number of nitrogens with two attached hydrogens (primary N) is 1. The van der Waals surface area contributed by atoms with Crippen LogP contribution < -0.4 is 15.2 Å². The zero-order valence-electron chi connectivity index (χ0n) is 13.2. The van der Waals surface area contributed by atoms with E-state index in [9.17, 15) is 18.0 Å². The second-order valence-electron chi connectivity index (χ2n) is 5.40. The van der Waals surface area contributed by atoms with E-state index < -0.39 is 10.2 Å². The lowest BCUT2D eigenvalue weighted by Gasteiger charge is -2.31. The third kappa shape index (κ3) is 4.30. The number of aromatic nitrogens is 2. The molecule has 0 unspecified atom stereocenters. The Kier molecular flexibility index (Phi) is 5.41. The molecule has 1 aliphatic rings. The molecule has 1 aromatic carbocycles. The van der Waals surface area contributed by atoms with Crippen molar-refractivity contribution in [3.63, 3.8) is 0 Å². The van der Waals surface area contributed by atoms with Crippen LogP contribution in [0.4, 0.5) is 4.39 Å². The molecular formula is C13H15FN6O4S2. The van der Waals surface area contributed by atoms with Crippen LogP contribution in [-0.4, -0.2) is 42.1 Å². The van der Waals surface area contributed by atoms with Crippen LogP contribution >= 0.6 is 11.8 Å². The number of halogens is 1. The summed E-state index contributed by atoms with van der Waals surface area (Å²) in [5.41, 5.74) is 1.94. The summed E-state index contributed by atoms with van der Waals surface area (Å²) < 4.78 is 41.8. The summed E-state index contributed by atoms with van der Waals surface area (Å²) in [5.74, 6) is -0.0270. The van der Waals surface area contributed by atoms with Gasteiger partial charge < -0.3 is 10.5 Å². The molecule has 0 bridgehead atoms. The Balaban J connectivity index is 1.64. The Morgan fingerprint density at radius 3 is 3.04 bits per heavy atom. The van der Waals surface area contributed by atoms with Crippen LogP contribution in [0.1, 0.15) is 22.9 Å². The van der Waals surface area contributed by atoms with Crippen LogP contribution in [-0.2, 0) is 16.6 Å². The minimum absolute atomic E-state index is 0.0214. The molecule has 26 heavy (non-hydrogen) atoms. The number of nitrogens with zero attached hydrogens (tertiary/aromatic N) is 3. The van der Waals surface area contributed by atoms with E-state index in [4.69, 9.17) is 5.14 Å². The van der Waals surface area contributed by atoms with Gasteiger partial charge in [0.1, 0.15) is 5.82 Å². The first kappa shape index (κ1) is 18.6. The van der Waals surface area contributed by atoms with Crippen molar-refractivity contribution in [2.75, 3.05) is 12.3 Å². The SMILES string of the molecule is NS(=O)(=O)NCCSc1nonc1/C(=N\O)N[C@H]1Cc2ccc(F)cc21. The van der Waals surface area contributed by atoms with Crippen molar-refractivity contribution in [2.45, 2.75) is 17.5 Å². The van der Waals surface area contributed by atoms with Gasteiger partial charge in [-0.25, -0.2) is 18.9 Å². The van der Waals surface area contributed by atoms with Gasteiger partial charge >= 0.3 is 0 Å². The van der Waals surface area contributed by atoms with E-state index in [0.29, 0.717) is 17.2 Å². The highest BCUT2D eigenvalue weighted by atomic mass is 32.2. The Labute approximate surface area is 152 Å². The summed E-state index contributed by atoms with van der Waals surface area (Å²) in [6.45, 7) is 0.0735. The van der Waals surface area contributed by atoms with Crippen molar-refractivity contribution >= 4 is 27.8 Å². The second kappa shape index (κ2) is 7.57. The molecule has 0 fully saturated rings. The lowest BCUT2D eigenvalue weighted by Crippen LogP contribution is -2.36. The first-order chi connectivity index (χ1) is 12.4. The van der Waals surface area contributed by atoms with Gasteiger partial charge in [-0.3, -0.25) is 0 Å². The Bertz CT molecular complexity index is 932. The molecule has 1 aromatic heterocycles. The molecule has 0 amide bonds. The van der Waals surface area contributed by atoms with Crippen LogP contribution in [0.15, 0.2) is 33.0 Å². The normalized spacial score (nSPS) is 16.8. The van der Waals surface area contributed by atoms with E-state index in [1.54, 1.807) is 6.07 Å². The summed E-state index contributed by atoms with van der Waals surface area (Å²) >= 11 is 1.14. The highest BCUT2D eigenvalue weighted by molar-refractivity contribution is 7.99. The molecule has 1 atom stereocenters. The average Bonchev–Trinajstić information content (AvgIpc) is 3.02. The van der Waals surface area contributed by atoms with Gasteiger partial charge in [0.15, 0.2) is 16.6 Å². The highest BCUT2D eigenvalue weighted by Gasteiger charge is 2.29. The number of fused-ring (bicyclic) bond motifs is 1. The van der Waals surface area contributed by atoms with E-state index in [2.05, 4.69) is 30.1 Å². The summed E-state index contributed by atoms with van der Waals surface area (Å²) in [6, 6.07) is 4.28. The van der Waals surface area contributed by atoms with Crippen molar-refractivity contribution < 1.29 is 22.6 Å². The minimum Gasteiger partial charge on any atom is -0.409 e. The van der Waals surface area contributed by atoms with Gasteiger partial charge in [-0.15, -0.1) is 0 Å². The van der Waals surface area contributed by atoms with Crippen molar-refractivity contribution in [1.82, 2.24) is 20.4 Å². The van der Waals surface area contributed by atoms with Gasteiger partial charge in [-0.2, -0.15) is 8.42 Å². The maximum Gasteiger partial charge on any atom is 0.274 e. The largest absolute Gasteiger partial charge is 0.409 e. The van der Waals surface area contributed by atoms with Crippen molar-refractivity contribution in [2.24, 2.45) is 10.3 Å². The molecule has 3 rings (SSSR count). The van der Waals surface area contributed by atoms with Gasteiger partial charge in [0.05, 0.1) is 6.04 Å². The molecule has 140 valence electrons. The Morgan fingerprint density at radius 1 is 1.50 bits per heavy atom. The summed E-state index contributed by atoms with van der Waals surface area (Å²) in [6.07, 6.45) is 0.640. The monoisotopic (exact) mass is 402 g/mol. The van der Waals surface area contributed by atoms with Gasteiger partial charge in [0.25, 0.3) is 10.2 Å². The fourth-order valence-corrected chi connectivity index (χ4v) is 3.73. The molecule has 1 aliphatic carbocycles. The maximum atomic E-state index is 13.4. The molecule has 0 saturated heterocycles. The summed E-state index contributed by atoms with van der Waals surface area (Å²) in [4.78, 5) is 0. The molecule has 2 aromatic rings. The van der Waals surface area contributed by atoms with E-state index in [1.807, 2.05) is 0 Å². The zero-order valence-corrected chi connectivity index (χ0v) is 14.8. The van der Waals surface area contributed by atoms with E-state index in [-0.39, 0.29) is 29.9 Å². The molecule has 0 radical (unpaired) electrons. The number of amidine groups is 1. The predicted octanol–water partition coefficient (Wildman–Crippen LogP) is 0.117. The van der Waals surface area contributed by atoms with Gasteiger partial charge in [0, 0.05) is 12.3 Å². The molecular weight excluding hydrogens is 387 g/mol. The summed E-state index contributed by atoms with van der Waals surface area (Å²) in [5, 5.41) is 28.0. The van der Waals surface area contributed by atoms with Gasteiger partial charge in [-0.1, -0.05) is 23.0 Å². The third-order valence-corrected chi connectivity index (χ3v) is 5.20. The molecule has 0 aliphatic heterocycles. The molecule has 13 heteroatoms. The molecule has 5 N–H and O–H groups in total. The van der Waals surface area contributed by atoms with Gasteiger partial charge in [0.2, 0.25) is 0 Å². The van der Waals surface area contributed by atoms with Crippen LogP contribution in [0, 0.1) is 5.82 Å². The molecule has 1 heterocycles. The molecule has 0 saturated carbocycles. The number of oxime groups is 1. The number of thioether (sulfide) groups is 1. The number of hydrogen-bond acceptors (Lipinski definition) is 8. The first-order valence-corrected chi connectivity index (χ1v) is 9.90. The lowest BCUT2D eigenvalue weighted by molar-refractivity contribution is 0.296. The lowest BCUT2D eigenvalue weighted by atomic mass is 9.83. The Morgan fingerprint density at radius 2 is 2.31 bits per heavy atom. The van der Waals surface area contributed by atoms with E-state index >= 15 is 0 Å². The fourth-order valence-electron chi connectivity index (χ4n) is 2.46. The van der Waals surface area contributed by atoms with Crippen LogP contribution in [0.5, 0.6) is 0 Å². The summed E-state index contributed by atoms with van der Waals surface area (Å²) in [7, 11) is -3.77. The maximum absolute atomic E-state index is 13.4. The second-order valence-corrected chi connectivity index (χ2v) is 7.86. The van der Waals surface area contributed by atoms with Crippen LogP contribution in [0.2, 0.25) is 0 Å². The minimum atomic E-state index is -3.77. The van der Waals surface area contributed by atoms with Crippen molar-refractivity contribution in [3.8, 4) is 0 Å². The van der Waals surface area contributed by atoms with E-state index in [1.165, 1.54) is 12.1 Å². The van der Waals surface area contributed by atoms with Crippen molar-refractivity contribution in [3.05, 3.63) is 40.8 Å². The quantitative estimate of drug-likeness (QED) is 0.127. The van der Waals surface area contributed by atoms with Crippen molar-refractivity contribution in [1.29, 1.82) is 0 Å². The number of rotatable bonds is 7. The molecule has 0 spiro atoms. The predicted molar refractivity (Wildman–Crippen MR) is 90.4 cm³/mol. The topological polar surface area (TPSA) is 156 Å². The Hall–Kier alpha value is -2.22. The zero-order chi connectivity index (χ0) is 18.7.